The van der Waals surface area contributed by atoms with Crippen LogP contribution < -0.4 is 10.6 Å². The van der Waals surface area contributed by atoms with E-state index >= 15 is 0 Å². The molecular weight excluding hydrogens is 519 g/mol. The Kier molecular flexibility index (Phi) is 6.88. The van der Waals surface area contributed by atoms with Crippen LogP contribution in [0.4, 0.5) is 15.8 Å². The van der Waals surface area contributed by atoms with Gasteiger partial charge in [0.05, 0.1) is 22.5 Å². The van der Waals surface area contributed by atoms with Crippen LogP contribution in [0.1, 0.15) is 40.0 Å². The van der Waals surface area contributed by atoms with Gasteiger partial charge in [-0.05, 0) is 58.0 Å². The van der Waals surface area contributed by atoms with Crippen molar-refractivity contribution in [1.29, 1.82) is 0 Å². The van der Waals surface area contributed by atoms with E-state index in [1.807, 2.05) is 36.0 Å². The highest BCUT2D eigenvalue weighted by Gasteiger charge is 2.56. The first-order chi connectivity index (χ1) is 19.8. The average Bonchev–Trinajstić information content (AvgIpc) is 3.60. The third-order valence-electron chi connectivity index (χ3n) is 8.22. The van der Waals surface area contributed by atoms with Crippen LogP contribution in [0.25, 0.3) is 11.3 Å². The number of rotatable bonds is 6. The maximum Gasteiger partial charge on any atom is 0.255 e. The summed E-state index contributed by atoms with van der Waals surface area (Å²) in [6, 6.07) is 6.71. The fourth-order valence-electron chi connectivity index (χ4n) is 6.08. The zero-order valence-electron chi connectivity index (χ0n) is 23.5. The summed E-state index contributed by atoms with van der Waals surface area (Å²) in [6.45, 7) is 3.66. The number of halogens is 1. The number of carbonyl (C=O) groups excluding carboxylic acids is 2. The van der Waals surface area contributed by atoms with Crippen molar-refractivity contribution >= 4 is 23.2 Å². The Morgan fingerprint density at radius 2 is 2.15 bits per heavy atom. The molecule has 41 heavy (non-hydrogen) atoms. The summed E-state index contributed by atoms with van der Waals surface area (Å²) in [5, 5.41) is 6.26. The van der Waals surface area contributed by atoms with Crippen molar-refractivity contribution in [2.45, 2.75) is 31.7 Å². The number of nitrogens with zero attached hydrogens (tertiary/aromatic N) is 3. The predicted molar refractivity (Wildman–Crippen MR) is 156 cm³/mol. The Hall–Kier alpha value is -4.42. The number of hydrogen-bond donors (Lipinski definition) is 3. The quantitative estimate of drug-likeness (QED) is 0.318. The number of fused-ring (bicyclic) bond motifs is 2. The number of aromatic nitrogens is 2. The summed E-state index contributed by atoms with van der Waals surface area (Å²) in [5.74, 6) is 6.75. The molecule has 1 aliphatic carbocycles. The lowest BCUT2D eigenvalue weighted by atomic mass is 9.73. The molecule has 210 valence electrons. The normalized spacial score (nSPS) is 20.9. The van der Waals surface area contributed by atoms with Gasteiger partial charge < -0.3 is 25.4 Å². The third kappa shape index (κ3) is 4.89. The molecule has 2 saturated heterocycles. The second kappa shape index (κ2) is 10.5. The molecule has 9 heteroatoms. The number of pyridine rings is 1. The number of likely N-dealkylation sites (N-methyl/N-ethyl adjacent to an activating group) is 1. The molecule has 3 aliphatic heterocycles. The van der Waals surface area contributed by atoms with Crippen molar-refractivity contribution in [1.82, 2.24) is 25.1 Å². The fourth-order valence-corrected chi connectivity index (χ4v) is 6.08. The first-order valence-electron chi connectivity index (χ1n) is 13.9. The Morgan fingerprint density at radius 3 is 2.95 bits per heavy atom. The number of benzene rings is 1. The Labute approximate surface area is 239 Å². The highest BCUT2D eigenvalue weighted by molar-refractivity contribution is 6.06. The van der Waals surface area contributed by atoms with Crippen LogP contribution in [0.2, 0.25) is 0 Å². The summed E-state index contributed by atoms with van der Waals surface area (Å²) >= 11 is 0. The van der Waals surface area contributed by atoms with Gasteiger partial charge in [0.2, 0.25) is 5.91 Å². The highest BCUT2D eigenvalue weighted by atomic mass is 19.1. The summed E-state index contributed by atoms with van der Waals surface area (Å²) in [5.41, 5.74) is 4.62. The number of carbonyl (C=O) groups is 2. The van der Waals surface area contributed by atoms with Crippen LogP contribution in [0.3, 0.4) is 0 Å². The lowest BCUT2D eigenvalue weighted by Crippen LogP contribution is -2.46. The molecule has 0 atom stereocenters. The summed E-state index contributed by atoms with van der Waals surface area (Å²) in [6.07, 6.45) is 9.32. The van der Waals surface area contributed by atoms with Crippen molar-refractivity contribution in [3.63, 3.8) is 0 Å². The molecule has 5 heterocycles. The smallest absolute Gasteiger partial charge is 0.255 e. The summed E-state index contributed by atoms with van der Waals surface area (Å²) in [7, 11) is 3.93. The topological polar surface area (TPSA) is 93.4 Å². The molecule has 3 aromatic rings. The van der Waals surface area contributed by atoms with E-state index in [4.69, 9.17) is 0 Å². The van der Waals surface area contributed by atoms with Gasteiger partial charge in [-0.15, -0.1) is 0 Å². The van der Waals surface area contributed by atoms with Gasteiger partial charge >= 0.3 is 0 Å². The molecule has 7 rings (SSSR count). The number of hydrogen-bond acceptors (Lipinski definition) is 5. The fraction of sp³-hybridized carbons (Fsp3) is 0.344. The molecule has 0 radical (unpaired) electrons. The van der Waals surface area contributed by atoms with E-state index in [1.54, 1.807) is 37.5 Å². The molecule has 2 amide bonds. The SMILES string of the molecule is Cc1c(F)cccc1Nc1c(-c2ccncc2C#CC23CC(CN2C(=O)/C=C/CN(C)C)C3)[nH]c2c1C(=O)NCC2. The first kappa shape index (κ1) is 26.8. The maximum absolute atomic E-state index is 14.4. The molecule has 3 N–H and O–H groups in total. The van der Waals surface area contributed by atoms with Gasteiger partial charge in [0.1, 0.15) is 11.4 Å². The van der Waals surface area contributed by atoms with Crippen LogP contribution in [0, 0.1) is 30.5 Å². The second-order valence-electron chi connectivity index (χ2n) is 11.4. The predicted octanol–water partition coefficient (Wildman–Crippen LogP) is 4.01. The van der Waals surface area contributed by atoms with E-state index < -0.39 is 5.54 Å². The Balaban J connectivity index is 1.38. The van der Waals surface area contributed by atoms with E-state index in [0.29, 0.717) is 59.2 Å². The second-order valence-corrected chi connectivity index (χ2v) is 11.4. The minimum Gasteiger partial charge on any atom is -0.356 e. The van der Waals surface area contributed by atoms with Crippen molar-refractivity contribution < 1.29 is 14.0 Å². The Bertz CT molecular complexity index is 1620. The van der Waals surface area contributed by atoms with E-state index in [1.165, 1.54) is 6.07 Å². The number of H-pyrrole nitrogens is 1. The maximum atomic E-state index is 14.4. The van der Waals surface area contributed by atoms with Crippen molar-refractivity contribution in [3.05, 3.63) is 77.0 Å². The average molecular weight is 553 g/mol. The monoisotopic (exact) mass is 552 g/mol. The summed E-state index contributed by atoms with van der Waals surface area (Å²) < 4.78 is 14.4. The molecular formula is C32H33FN6O2. The van der Waals surface area contributed by atoms with Gasteiger partial charge in [-0.25, -0.2) is 4.39 Å². The molecule has 2 bridgehead atoms. The van der Waals surface area contributed by atoms with E-state index in [9.17, 15) is 14.0 Å². The van der Waals surface area contributed by atoms with Crippen LogP contribution >= 0.6 is 0 Å². The third-order valence-corrected chi connectivity index (χ3v) is 8.22. The minimum atomic E-state index is -0.480. The lowest BCUT2D eigenvalue weighted by Gasteiger charge is -2.37. The van der Waals surface area contributed by atoms with Crippen molar-refractivity contribution in [2.24, 2.45) is 5.92 Å². The lowest BCUT2D eigenvalue weighted by molar-refractivity contribution is -0.127. The van der Waals surface area contributed by atoms with Crippen LogP contribution in [0.15, 0.2) is 48.8 Å². The van der Waals surface area contributed by atoms with Crippen LogP contribution in [0.5, 0.6) is 0 Å². The van der Waals surface area contributed by atoms with Crippen LogP contribution in [-0.2, 0) is 11.2 Å². The summed E-state index contributed by atoms with van der Waals surface area (Å²) in [4.78, 5) is 37.8. The van der Waals surface area contributed by atoms with Crippen molar-refractivity contribution in [2.75, 3.05) is 39.0 Å². The van der Waals surface area contributed by atoms with Gasteiger partial charge in [-0.1, -0.05) is 24.0 Å². The van der Waals surface area contributed by atoms with Gasteiger partial charge in [-0.2, -0.15) is 0 Å². The Morgan fingerprint density at radius 1 is 1.32 bits per heavy atom. The largest absolute Gasteiger partial charge is 0.356 e. The van der Waals surface area contributed by atoms with Crippen LogP contribution in [-0.4, -0.2) is 70.9 Å². The van der Waals surface area contributed by atoms with Gasteiger partial charge in [-0.3, -0.25) is 14.6 Å². The van der Waals surface area contributed by atoms with E-state index in [0.717, 1.165) is 30.6 Å². The molecule has 1 aromatic carbocycles. The van der Waals surface area contributed by atoms with E-state index in [-0.39, 0.29) is 17.6 Å². The first-order valence-corrected chi connectivity index (χ1v) is 13.9. The standard InChI is InChI=1S/C32H33FN6O2/c1-20-24(33)6-4-7-25(20)36-30-28-26(11-14-35-31(28)41)37-29(30)23-10-13-34-18-22(23)9-12-32-16-21(17-32)19-39(32)27(40)8-5-15-38(2)3/h4-8,10,13,18,21,36-37H,11,14-17,19H2,1-3H3,(H,35,41)/b8-5+. The minimum absolute atomic E-state index is 0.00688. The highest BCUT2D eigenvalue weighted by Crippen LogP contribution is 2.50. The van der Waals surface area contributed by atoms with Gasteiger partial charge in [0.25, 0.3) is 5.91 Å². The number of aromatic amines is 1. The zero-order valence-corrected chi connectivity index (χ0v) is 23.5. The van der Waals surface area contributed by atoms with E-state index in [2.05, 4.69) is 32.4 Å². The zero-order chi connectivity index (χ0) is 28.7. The number of nitrogens with one attached hydrogen (secondary N) is 3. The molecule has 2 aromatic heterocycles. The molecule has 4 aliphatic rings. The number of amides is 2. The molecule has 1 saturated carbocycles. The molecule has 0 spiro atoms. The molecule has 3 fully saturated rings. The number of anilines is 2. The van der Waals surface area contributed by atoms with Gasteiger partial charge in [0, 0.05) is 67.0 Å². The molecule has 0 unspecified atom stereocenters. The van der Waals surface area contributed by atoms with Crippen molar-refractivity contribution in [3.8, 4) is 23.1 Å². The van der Waals surface area contributed by atoms with Gasteiger partial charge in [0.15, 0.2) is 0 Å². The molecule has 8 nitrogen and oxygen atoms in total.